The van der Waals surface area contributed by atoms with Crippen LogP contribution in [-0.2, 0) is 4.79 Å². The molecular weight excluding hydrogens is 314 g/mol. The number of aryl methyl sites for hydroxylation is 1. The van der Waals surface area contributed by atoms with Crippen LogP contribution in [0.4, 0.5) is 5.69 Å². The first-order chi connectivity index (χ1) is 12.0. The number of nitrogens with zero attached hydrogens (tertiary/aromatic N) is 1. The summed E-state index contributed by atoms with van der Waals surface area (Å²) < 4.78 is 0. The molecule has 128 valence electrons. The van der Waals surface area contributed by atoms with Gasteiger partial charge >= 0.3 is 0 Å². The summed E-state index contributed by atoms with van der Waals surface area (Å²) in [6.07, 6.45) is 1.94. The van der Waals surface area contributed by atoms with E-state index in [2.05, 4.69) is 15.8 Å². The van der Waals surface area contributed by atoms with Gasteiger partial charge in [0.05, 0.1) is 5.71 Å². The van der Waals surface area contributed by atoms with Gasteiger partial charge < -0.3 is 5.32 Å². The number of rotatable bonds is 5. The van der Waals surface area contributed by atoms with Crippen LogP contribution in [0.15, 0.2) is 53.6 Å². The van der Waals surface area contributed by atoms with Crippen molar-refractivity contribution in [2.45, 2.75) is 26.7 Å². The molecule has 5 nitrogen and oxygen atoms in total. The lowest BCUT2D eigenvalue weighted by Gasteiger charge is -2.07. The van der Waals surface area contributed by atoms with Crippen molar-refractivity contribution in [3.8, 4) is 0 Å². The Morgan fingerprint density at radius 2 is 1.76 bits per heavy atom. The van der Waals surface area contributed by atoms with Crippen molar-refractivity contribution in [3.63, 3.8) is 0 Å². The van der Waals surface area contributed by atoms with Crippen molar-refractivity contribution in [2.75, 3.05) is 5.32 Å². The van der Waals surface area contributed by atoms with Crippen LogP contribution in [0.25, 0.3) is 0 Å². The molecule has 0 atom stereocenters. The molecule has 1 fully saturated rings. The zero-order valence-corrected chi connectivity index (χ0v) is 14.4. The molecular formula is C20H21N3O2. The lowest BCUT2D eigenvalue weighted by Crippen LogP contribution is -2.19. The van der Waals surface area contributed by atoms with Crippen molar-refractivity contribution in [3.05, 3.63) is 65.2 Å². The van der Waals surface area contributed by atoms with Crippen LogP contribution in [0, 0.1) is 12.8 Å². The Kier molecular flexibility index (Phi) is 4.93. The van der Waals surface area contributed by atoms with E-state index in [1.165, 1.54) is 0 Å². The van der Waals surface area contributed by atoms with E-state index in [0.29, 0.717) is 11.3 Å². The molecule has 25 heavy (non-hydrogen) atoms. The second-order valence-corrected chi connectivity index (χ2v) is 6.35. The summed E-state index contributed by atoms with van der Waals surface area (Å²) in [4.78, 5) is 24.0. The highest BCUT2D eigenvalue weighted by molar-refractivity contribution is 6.02. The maximum atomic E-state index is 12.2. The SMILES string of the molecule is C/C(=N/NC(=O)c1cccc(C)c1)c1cccc(NC(=O)C2CC2)c1. The Labute approximate surface area is 147 Å². The van der Waals surface area contributed by atoms with Crippen LogP contribution < -0.4 is 10.7 Å². The van der Waals surface area contributed by atoms with Crippen molar-refractivity contribution in [1.29, 1.82) is 0 Å². The fraction of sp³-hybridized carbons (Fsp3) is 0.250. The molecule has 0 bridgehead atoms. The second-order valence-electron chi connectivity index (χ2n) is 6.35. The molecule has 0 unspecified atom stereocenters. The smallest absolute Gasteiger partial charge is 0.271 e. The minimum absolute atomic E-state index is 0.0690. The Morgan fingerprint density at radius 1 is 1.04 bits per heavy atom. The molecule has 1 saturated carbocycles. The number of carbonyl (C=O) groups excluding carboxylic acids is 2. The zero-order chi connectivity index (χ0) is 17.8. The maximum Gasteiger partial charge on any atom is 0.271 e. The van der Waals surface area contributed by atoms with Crippen molar-refractivity contribution in [1.82, 2.24) is 5.43 Å². The first-order valence-corrected chi connectivity index (χ1v) is 8.35. The average Bonchev–Trinajstić information content (AvgIpc) is 3.44. The van der Waals surface area contributed by atoms with Gasteiger partial charge in [-0.2, -0.15) is 5.10 Å². The summed E-state index contributed by atoms with van der Waals surface area (Å²) in [6, 6.07) is 14.8. The van der Waals surface area contributed by atoms with Gasteiger partial charge in [-0.05, 0) is 56.5 Å². The number of anilines is 1. The Morgan fingerprint density at radius 3 is 2.48 bits per heavy atom. The molecule has 1 aliphatic carbocycles. The molecule has 2 aromatic carbocycles. The number of hydrogen-bond donors (Lipinski definition) is 2. The first-order valence-electron chi connectivity index (χ1n) is 8.35. The number of hydrazone groups is 1. The molecule has 0 aromatic heterocycles. The van der Waals surface area contributed by atoms with Gasteiger partial charge in [0.25, 0.3) is 5.91 Å². The van der Waals surface area contributed by atoms with Gasteiger partial charge in [-0.3, -0.25) is 9.59 Å². The third-order valence-electron chi connectivity index (χ3n) is 4.10. The Hall–Kier alpha value is -2.95. The molecule has 3 rings (SSSR count). The summed E-state index contributed by atoms with van der Waals surface area (Å²) in [5.41, 5.74) is 6.43. The fourth-order valence-electron chi connectivity index (χ4n) is 2.46. The number of carbonyl (C=O) groups is 2. The number of benzene rings is 2. The summed E-state index contributed by atoms with van der Waals surface area (Å²) in [5.74, 6) is -0.0206. The minimum atomic E-state index is -0.249. The predicted molar refractivity (Wildman–Crippen MR) is 98.7 cm³/mol. The summed E-state index contributed by atoms with van der Waals surface area (Å²) in [7, 11) is 0. The first kappa shape index (κ1) is 16.9. The third-order valence-corrected chi connectivity index (χ3v) is 4.10. The molecule has 2 aromatic rings. The van der Waals surface area contributed by atoms with Gasteiger partial charge in [-0.15, -0.1) is 0 Å². The fourth-order valence-corrected chi connectivity index (χ4v) is 2.46. The highest BCUT2D eigenvalue weighted by atomic mass is 16.2. The topological polar surface area (TPSA) is 70.6 Å². The van der Waals surface area contributed by atoms with Gasteiger partial charge in [0.2, 0.25) is 5.91 Å². The molecule has 5 heteroatoms. The second kappa shape index (κ2) is 7.30. The minimum Gasteiger partial charge on any atom is -0.326 e. The lowest BCUT2D eigenvalue weighted by atomic mass is 10.1. The molecule has 1 aliphatic rings. The molecule has 0 radical (unpaired) electrons. The molecule has 2 N–H and O–H groups in total. The lowest BCUT2D eigenvalue weighted by molar-refractivity contribution is -0.117. The van der Waals surface area contributed by atoms with Gasteiger partial charge in [-0.25, -0.2) is 5.43 Å². The monoisotopic (exact) mass is 335 g/mol. The predicted octanol–water partition coefficient (Wildman–Crippen LogP) is 3.50. The molecule has 0 heterocycles. The normalized spacial score (nSPS) is 14.1. The van der Waals surface area contributed by atoms with E-state index in [0.717, 1.165) is 29.7 Å². The maximum absolute atomic E-state index is 12.2. The number of nitrogens with one attached hydrogen (secondary N) is 2. The van der Waals surface area contributed by atoms with E-state index in [9.17, 15) is 9.59 Å². The summed E-state index contributed by atoms with van der Waals surface area (Å²) in [6.45, 7) is 3.76. The van der Waals surface area contributed by atoms with Crippen molar-refractivity contribution in [2.24, 2.45) is 11.0 Å². The highest BCUT2D eigenvalue weighted by Gasteiger charge is 2.29. The van der Waals surface area contributed by atoms with Crippen molar-refractivity contribution >= 4 is 23.2 Å². The van der Waals surface area contributed by atoms with Crippen LogP contribution in [0.3, 0.4) is 0 Å². The largest absolute Gasteiger partial charge is 0.326 e. The van der Waals surface area contributed by atoms with Gasteiger partial charge in [0.15, 0.2) is 0 Å². The van der Waals surface area contributed by atoms with Crippen LogP contribution >= 0.6 is 0 Å². The molecule has 0 saturated heterocycles. The standard InChI is InChI=1S/C20H21N3O2/c1-13-5-3-7-17(11-13)20(25)23-22-14(2)16-6-4-8-18(12-16)21-19(24)15-9-10-15/h3-8,11-12,15H,9-10H2,1-2H3,(H,21,24)(H,23,25)/b22-14-. The van der Waals surface area contributed by atoms with Gasteiger partial charge in [0.1, 0.15) is 0 Å². The number of amides is 2. The molecule has 2 amide bonds. The van der Waals surface area contributed by atoms with Gasteiger partial charge in [0, 0.05) is 17.2 Å². The van der Waals surface area contributed by atoms with E-state index < -0.39 is 0 Å². The summed E-state index contributed by atoms with van der Waals surface area (Å²) >= 11 is 0. The van der Waals surface area contributed by atoms with Crippen LogP contribution in [0.2, 0.25) is 0 Å². The quantitative estimate of drug-likeness (QED) is 0.648. The zero-order valence-electron chi connectivity index (χ0n) is 14.4. The molecule has 0 spiro atoms. The van der Waals surface area contributed by atoms with Crippen LogP contribution in [0.1, 0.15) is 41.3 Å². The van der Waals surface area contributed by atoms with E-state index in [4.69, 9.17) is 0 Å². The highest BCUT2D eigenvalue weighted by Crippen LogP contribution is 2.30. The van der Waals surface area contributed by atoms with Crippen LogP contribution in [-0.4, -0.2) is 17.5 Å². The van der Waals surface area contributed by atoms with E-state index in [-0.39, 0.29) is 17.7 Å². The van der Waals surface area contributed by atoms with Gasteiger partial charge in [-0.1, -0.05) is 29.8 Å². The van der Waals surface area contributed by atoms with E-state index in [1.807, 2.05) is 56.3 Å². The van der Waals surface area contributed by atoms with Crippen LogP contribution in [0.5, 0.6) is 0 Å². The van der Waals surface area contributed by atoms with E-state index in [1.54, 1.807) is 6.07 Å². The Balaban J connectivity index is 1.67. The van der Waals surface area contributed by atoms with Crippen molar-refractivity contribution < 1.29 is 9.59 Å². The molecule has 0 aliphatic heterocycles. The number of hydrogen-bond acceptors (Lipinski definition) is 3. The third kappa shape index (κ3) is 4.53. The summed E-state index contributed by atoms with van der Waals surface area (Å²) in [5, 5.41) is 7.09. The Bertz CT molecular complexity index is 838. The van der Waals surface area contributed by atoms with E-state index >= 15 is 0 Å². The average molecular weight is 335 g/mol.